The van der Waals surface area contributed by atoms with E-state index in [1.807, 2.05) is 21.1 Å². The maximum atomic E-state index is 12.8. The van der Waals surface area contributed by atoms with Gasteiger partial charge in [-0.2, -0.15) is 0 Å². The Balaban J connectivity index is 3.94. The number of carbonyl (C=O) groups is 1. The smallest absolute Gasteiger partial charge is 0.457 e. The molecule has 0 fully saturated rings. The summed E-state index contributed by atoms with van der Waals surface area (Å²) >= 11 is 0. The second-order valence-corrected chi connectivity index (χ2v) is 25.0. The van der Waals surface area contributed by atoms with Gasteiger partial charge < -0.3 is 18.9 Å². The largest absolute Gasteiger partial charge is 0.472 e. The number of rotatable bonds is 62. The van der Waals surface area contributed by atoms with E-state index in [1.54, 1.807) is 0 Å². The molecule has 0 aromatic heterocycles. The number of carbonyl (C=O) groups excluding carboxylic acids is 1. The zero-order chi connectivity index (χ0) is 52.6. The third kappa shape index (κ3) is 60.4. The zero-order valence-corrected chi connectivity index (χ0v) is 50.4. The molecule has 0 saturated carbocycles. The van der Waals surface area contributed by atoms with Crippen LogP contribution in [0, 0.1) is 0 Å². The highest BCUT2D eigenvalue weighted by atomic mass is 31.2. The molecule has 1 N–H and O–H groups in total. The van der Waals surface area contributed by atoms with Crippen molar-refractivity contribution in [1.29, 1.82) is 0 Å². The first kappa shape index (κ1) is 71.5. The van der Waals surface area contributed by atoms with Gasteiger partial charge in [-0.1, -0.05) is 322 Å². The summed E-state index contributed by atoms with van der Waals surface area (Å²) in [4.78, 5) is 23.1. The fourth-order valence-corrected chi connectivity index (χ4v) is 10.7. The number of ether oxygens (including phenoxy) is 2. The highest BCUT2D eigenvalue weighted by Crippen LogP contribution is 2.43. The van der Waals surface area contributed by atoms with Crippen LogP contribution in [0.5, 0.6) is 0 Å². The number of quaternary nitrogens is 1. The van der Waals surface area contributed by atoms with Gasteiger partial charge in [0, 0.05) is 13.0 Å². The topological polar surface area (TPSA) is 91.3 Å². The quantitative estimate of drug-likeness (QED) is 0.0281. The van der Waals surface area contributed by atoms with Gasteiger partial charge >= 0.3 is 13.8 Å². The zero-order valence-electron chi connectivity index (χ0n) is 49.5. The van der Waals surface area contributed by atoms with E-state index < -0.39 is 13.9 Å². The number of unbranched alkanes of at least 4 members (excludes halogenated alkanes) is 48. The number of nitrogens with zero attached hydrogens (tertiary/aromatic N) is 1. The molecule has 0 amide bonds. The molecule has 0 aromatic rings. The molecule has 0 heterocycles. The van der Waals surface area contributed by atoms with E-state index in [1.165, 1.54) is 289 Å². The van der Waals surface area contributed by atoms with Crippen LogP contribution in [0.25, 0.3) is 0 Å². The Morgan fingerprint density at radius 2 is 0.639 bits per heavy atom. The average Bonchev–Trinajstić information content (AvgIpc) is 3.34. The van der Waals surface area contributed by atoms with Gasteiger partial charge in [0.1, 0.15) is 19.3 Å². The van der Waals surface area contributed by atoms with Crippen molar-refractivity contribution < 1.29 is 37.3 Å². The fraction of sp³-hybridized carbons (Fsp3) is 0.984. The number of esters is 1. The third-order valence-corrected chi connectivity index (χ3v) is 15.9. The van der Waals surface area contributed by atoms with Crippen LogP contribution >= 0.6 is 7.82 Å². The molecule has 0 saturated heterocycles. The first-order valence-electron chi connectivity index (χ1n) is 32.3. The van der Waals surface area contributed by atoms with Crippen molar-refractivity contribution in [2.45, 2.75) is 347 Å². The Bertz CT molecular complexity index is 1120. The lowest BCUT2D eigenvalue weighted by Gasteiger charge is -2.24. The molecule has 0 rings (SSSR count). The Morgan fingerprint density at radius 1 is 0.375 bits per heavy atom. The predicted molar refractivity (Wildman–Crippen MR) is 312 cm³/mol. The van der Waals surface area contributed by atoms with Crippen LogP contribution in [0.1, 0.15) is 341 Å². The van der Waals surface area contributed by atoms with Gasteiger partial charge in [0.15, 0.2) is 0 Å². The second-order valence-electron chi connectivity index (χ2n) is 23.5. The molecular formula is C63H129NO7P+. The van der Waals surface area contributed by atoms with Crippen LogP contribution in [0.4, 0.5) is 0 Å². The highest BCUT2D eigenvalue weighted by molar-refractivity contribution is 7.47. The minimum atomic E-state index is -4.28. The lowest BCUT2D eigenvalue weighted by Crippen LogP contribution is -2.37. The summed E-state index contributed by atoms with van der Waals surface area (Å²) in [6, 6.07) is 0. The van der Waals surface area contributed by atoms with Crippen molar-refractivity contribution in [3.8, 4) is 0 Å². The lowest BCUT2D eigenvalue weighted by molar-refractivity contribution is -0.870. The standard InChI is InChI=1S/C63H128NO7P/c1-6-8-10-12-14-16-18-20-22-24-26-28-30-32-33-35-37-39-41-43-45-47-49-51-53-55-58-68-60-62(61-70-72(66,67)69-59-57-64(3,4)5)71-63(65)56-54-52-50-48-46-44-42-40-38-36-34-31-29-27-25-23-21-19-17-15-13-11-9-7-2/h62H,6-61H2,1-5H3/p+1. The second kappa shape index (κ2) is 56.7. The third-order valence-electron chi connectivity index (χ3n) is 14.9. The molecule has 72 heavy (non-hydrogen) atoms. The average molecular weight is 1040 g/mol. The minimum absolute atomic E-state index is 0.0947. The number of hydrogen-bond acceptors (Lipinski definition) is 6. The molecule has 2 atom stereocenters. The molecule has 0 radical (unpaired) electrons. The van der Waals surface area contributed by atoms with E-state index in [4.69, 9.17) is 18.5 Å². The Labute approximate surface area is 450 Å². The Morgan fingerprint density at radius 3 is 0.917 bits per heavy atom. The van der Waals surface area contributed by atoms with E-state index >= 15 is 0 Å². The SMILES string of the molecule is CCCCCCCCCCCCCCCCCCCCCCCCCCCCOCC(COP(=O)(O)OCC[N+](C)(C)C)OC(=O)CCCCCCCCCCCCCCCCCCCCCCCCCC. The molecule has 9 heteroatoms. The first-order valence-corrected chi connectivity index (χ1v) is 33.8. The predicted octanol–water partition coefficient (Wildman–Crippen LogP) is 20.7. The van der Waals surface area contributed by atoms with Gasteiger partial charge in [0.25, 0.3) is 0 Å². The van der Waals surface area contributed by atoms with Crippen LogP contribution < -0.4 is 0 Å². The van der Waals surface area contributed by atoms with Crippen LogP contribution in [-0.4, -0.2) is 75.6 Å². The van der Waals surface area contributed by atoms with Crippen molar-refractivity contribution in [3.05, 3.63) is 0 Å². The summed E-state index contributed by atoms with van der Waals surface area (Å²) in [5.41, 5.74) is 0. The lowest BCUT2D eigenvalue weighted by atomic mass is 10.0. The summed E-state index contributed by atoms with van der Waals surface area (Å²) in [7, 11) is 1.70. The normalized spacial score (nSPS) is 13.2. The van der Waals surface area contributed by atoms with Gasteiger partial charge in [-0.3, -0.25) is 13.8 Å². The van der Waals surface area contributed by atoms with Crippen LogP contribution in [0.15, 0.2) is 0 Å². The van der Waals surface area contributed by atoms with Gasteiger partial charge in [0.05, 0.1) is 34.4 Å². The highest BCUT2D eigenvalue weighted by Gasteiger charge is 2.26. The maximum absolute atomic E-state index is 12.8. The van der Waals surface area contributed by atoms with E-state index in [-0.39, 0.29) is 25.8 Å². The number of phosphoric acid groups is 1. The van der Waals surface area contributed by atoms with E-state index in [0.29, 0.717) is 24.1 Å². The van der Waals surface area contributed by atoms with E-state index in [2.05, 4.69) is 13.8 Å². The van der Waals surface area contributed by atoms with Crippen LogP contribution in [0.2, 0.25) is 0 Å². The number of hydrogen-bond donors (Lipinski definition) is 1. The molecule has 0 aliphatic carbocycles. The number of phosphoric ester groups is 1. The van der Waals surface area contributed by atoms with Gasteiger partial charge in [-0.15, -0.1) is 0 Å². The van der Waals surface area contributed by atoms with E-state index in [0.717, 1.165) is 32.1 Å². The summed E-state index contributed by atoms with van der Waals surface area (Å²) in [5, 5.41) is 0. The molecule has 0 bridgehead atoms. The molecule has 0 aliphatic rings. The summed E-state index contributed by atoms with van der Waals surface area (Å²) < 4.78 is 35.4. The molecule has 0 aliphatic heterocycles. The summed E-state index contributed by atoms with van der Waals surface area (Å²) in [6.07, 6.45) is 67.7. The molecule has 432 valence electrons. The number of likely N-dealkylation sites (N-methyl/N-ethyl adjacent to an activating group) is 1. The van der Waals surface area contributed by atoms with Crippen molar-refractivity contribution in [2.75, 3.05) is 54.1 Å². The van der Waals surface area contributed by atoms with Gasteiger partial charge in [-0.05, 0) is 12.8 Å². The fourth-order valence-electron chi connectivity index (χ4n) is 9.97. The van der Waals surface area contributed by atoms with E-state index in [9.17, 15) is 14.3 Å². The van der Waals surface area contributed by atoms with Gasteiger partial charge in [-0.25, -0.2) is 4.57 Å². The molecular weight excluding hydrogens is 914 g/mol. The molecule has 2 unspecified atom stereocenters. The minimum Gasteiger partial charge on any atom is -0.457 e. The van der Waals surface area contributed by atoms with Gasteiger partial charge in [0.2, 0.25) is 0 Å². The summed E-state index contributed by atoms with van der Waals surface area (Å²) in [6.45, 7) is 5.73. The van der Waals surface area contributed by atoms with Crippen LogP contribution in [0.3, 0.4) is 0 Å². The Hall–Kier alpha value is -0.500. The molecule has 8 nitrogen and oxygen atoms in total. The monoisotopic (exact) mass is 1040 g/mol. The molecule has 0 aromatic carbocycles. The molecule has 0 spiro atoms. The van der Waals surface area contributed by atoms with Crippen molar-refractivity contribution in [1.82, 2.24) is 0 Å². The maximum Gasteiger partial charge on any atom is 0.472 e. The summed E-state index contributed by atoms with van der Waals surface area (Å²) in [5.74, 6) is -0.301. The van der Waals surface area contributed by atoms with Crippen molar-refractivity contribution in [2.24, 2.45) is 0 Å². The van der Waals surface area contributed by atoms with Crippen molar-refractivity contribution in [3.63, 3.8) is 0 Å². The van der Waals surface area contributed by atoms with Crippen LogP contribution in [-0.2, 0) is 27.9 Å². The van der Waals surface area contributed by atoms with Crippen molar-refractivity contribution >= 4 is 13.8 Å². The first-order chi connectivity index (χ1) is 35.1. The Kier molecular flexibility index (Phi) is 56.3.